The predicted molar refractivity (Wildman–Crippen MR) is 211 cm³/mol. The first-order valence-electron chi connectivity index (χ1n) is 17.0. The lowest BCUT2D eigenvalue weighted by Crippen LogP contribution is -1.95. The van der Waals surface area contributed by atoms with Gasteiger partial charge in [0.2, 0.25) is 0 Å². The van der Waals surface area contributed by atoms with Gasteiger partial charge in [-0.3, -0.25) is 0 Å². The van der Waals surface area contributed by atoms with Crippen LogP contribution in [0.5, 0.6) is 0 Å². The van der Waals surface area contributed by atoms with Crippen molar-refractivity contribution in [3.05, 3.63) is 194 Å². The fraction of sp³-hybridized carbons (Fsp3) is 0.0204. The Morgan fingerprint density at radius 1 is 0.245 bits per heavy atom. The molecule has 9 aromatic rings. The van der Waals surface area contributed by atoms with E-state index in [1.807, 2.05) is 0 Å². The highest BCUT2D eigenvalue weighted by Gasteiger charge is 2.21. The summed E-state index contributed by atoms with van der Waals surface area (Å²) in [5.41, 5.74) is 13.7. The molecule has 9 rings (SSSR count). The van der Waals surface area contributed by atoms with Crippen molar-refractivity contribution in [1.82, 2.24) is 0 Å². The largest absolute Gasteiger partial charge is 0.0622 e. The molecule has 0 aliphatic heterocycles. The maximum atomic E-state index is 2.39. The molecule has 0 atom stereocenters. The second-order valence-electron chi connectivity index (χ2n) is 12.9. The molecule has 0 aliphatic carbocycles. The summed E-state index contributed by atoms with van der Waals surface area (Å²) in [6.07, 6.45) is 0. The third-order valence-electron chi connectivity index (χ3n) is 9.94. The third kappa shape index (κ3) is 5.01. The minimum atomic E-state index is 1.21. The van der Waals surface area contributed by atoms with Gasteiger partial charge < -0.3 is 0 Å². The summed E-state index contributed by atoms with van der Waals surface area (Å²) in [7, 11) is 0. The molecule has 0 spiro atoms. The van der Waals surface area contributed by atoms with Crippen molar-refractivity contribution in [3.8, 4) is 55.6 Å². The summed E-state index contributed by atoms with van der Waals surface area (Å²) in [5.74, 6) is 0. The maximum absolute atomic E-state index is 2.39. The molecule has 0 saturated carbocycles. The van der Waals surface area contributed by atoms with Gasteiger partial charge in [0.05, 0.1) is 0 Å². The Bertz CT molecular complexity index is 2630. The van der Waals surface area contributed by atoms with Gasteiger partial charge in [-0.15, -0.1) is 0 Å². The molecule has 0 heterocycles. The first kappa shape index (κ1) is 28.9. The fourth-order valence-corrected chi connectivity index (χ4v) is 7.69. The Kier molecular flexibility index (Phi) is 7.14. The molecular weight excluding hydrogens is 589 g/mol. The number of rotatable bonds is 5. The van der Waals surface area contributed by atoms with Gasteiger partial charge in [-0.25, -0.2) is 0 Å². The fourth-order valence-electron chi connectivity index (χ4n) is 7.69. The van der Waals surface area contributed by atoms with E-state index in [-0.39, 0.29) is 0 Å². The van der Waals surface area contributed by atoms with E-state index in [0.29, 0.717) is 0 Å². The van der Waals surface area contributed by atoms with Crippen molar-refractivity contribution in [2.24, 2.45) is 0 Å². The van der Waals surface area contributed by atoms with E-state index in [4.69, 9.17) is 0 Å². The Balaban J connectivity index is 1.38. The highest BCUT2D eigenvalue weighted by Crippen LogP contribution is 2.48. The van der Waals surface area contributed by atoms with Gasteiger partial charge in [0.1, 0.15) is 0 Å². The van der Waals surface area contributed by atoms with Crippen LogP contribution in [0.4, 0.5) is 0 Å². The van der Waals surface area contributed by atoms with Crippen LogP contribution in [0.25, 0.3) is 88.0 Å². The molecule has 0 aromatic heterocycles. The maximum Gasteiger partial charge on any atom is -0.00200 e. The summed E-state index contributed by atoms with van der Waals surface area (Å²) in [5, 5.41) is 7.59. The van der Waals surface area contributed by atoms with Crippen LogP contribution in [-0.4, -0.2) is 0 Å². The normalized spacial score (nSPS) is 11.4. The summed E-state index contributed by atoms with van der Waals surface area (Å²) in [6.45, 7) is 2.21. The number of benzene rings is 9. The van der Waals surface area contributed by atoms with Crippen molar-refractivity contribution in [1.29, 1.82) is 0 Å². The van der Waals surface area contributed by atoms with Crippen LogP contribution in [0.1, 0.15) is 5.56 Å². The Morgan fingerprint density at radius 2 is 0.694 bits per heavy atom. The van der Waals surface area contributed by atoms with Gasteiger partial charge >= 0.3 is 0 Å². The zero-order valence-electron chi connectivity index (χ0n) is 27.4. The van der Waals surface area contributed by atoms with Crippen LogP contribution in [0.2, 0.25) is 0 Å². The van der Waals surface area contributed by atoms with Gasteiger partial charge in [0, 0.05) is 0 Å². The predicted octanol–water partition coefficient (Wildman–Crippen LogP) is 13.8. The molecule has 0 nitrogen and oxygen atoms in total. The lowest BCUT2D eigenvalue weighted by molar-refractivity contribution is 1.51. The van der Waals surface area contributed by atoms with Gasteiger partial charge in [-0.05, 0) is 101 Å². The zero-order chi connectivity index (χ0) is 32.7. The van der Waals surface area contributed by atoms with E-state index in [9.17, 15) is 0 Å². The smallest absolute Gasteiger partial charge is 0.00200 e. The van der Waals surface area contributed by atoms with E-state index in [1.165, 1.54) is 93.5 Å². The van der Waals surface area contributed by atoms with E-state index >= 15 is 0 Å². The van der Waals surface area contributed by atoms with Crippen LogP contribution in [0, 0.1) is 6.92 Å². The van der Waals surface area contributed by atoms with Crippen LogP contribution < -0.4 is 0 Å². The van der Waals surface area contributed by atoms with E-state index in [1.54, 1.807) is 0 Å². The lowest BCUT2D eigenvalue weighted by atomic mass is 9.81. The van der Waals surface area contributed by atoms with E-state index in [0.717, 1.165) is 0 Å². The van der Waals surface area contributed by atoms with Gasteiger partial charge in [-0.2, -0.15) is 0 Å². The summed E-state index contributed by atoms with van der Waals surface area (Å²) >= 11 is 0. The van der Waals surface area contributed by atoms with Gasteiger partial charge in [0.15, 0.2) is 0 Å². The summed E-state index contributed by atoms with van der Waals surface area (Å²) in [6, 6.07) is 68.8. The van der Waals surface area contributed by atoms with Crippen LogP contribution in [0.3, 0.4) is 0 Å². The van der Waals surface area contributed by atoms with Crippen molar-refractivity contribution in [3.63, 3.8) is 0 Å². The number of hydrogen-bond acceptors (Lipinski definition) is 0. The third-order valence-corrected chi connectivity index (χ3v) is 9.94. The standard InChI is InChI=1S/C49H34/c1-33-25-27-45-47(31-33)49(44-28-26-37(34-15-5-2-6-16-34)32-46(44)36-19-9-4-10-20-36)42-24-14-13-23-41(42)48(45)43-30-29-38(35-17-7-3-8-18-35)39-21-11-12-22-40(39)43/h2-32H,1H3. The molecule has 230 valence electrons. The van der Waals surface area contributed by atoms with Crippen LogP contribution in [-0.2, 0) is 0 Å². The SMILES string of the molecule is Cc1ccc2c(-c3ccc(-c4ccccc4)c4ccccc34)c3ccccc3c(-c3ccc(-c4ccccc4)cc3-c3ccccc3)c2c1. The summed E-state index contributed by atoms with van der Waals surface area (Å²) in [4.78, 5) is 0. The van der Waals surface area contributed by atoms with Gasteiger partial charge in [0.25, 0.3) is 0 Å². The Morgan fingerprint density at radius 3 is 1.33 bits per heavy atom. The molecule has 0 aliphatic rings. The molecular formula is C49H34. The number of aryl methyl sites for hydroxylation is 1. The zero-order valence-corrected chi connectivity index (χ0v) is 27.4. The molecule has 0 unspecified atom stereocenters. The number of hydrogen-bond donors (Lipinski definition) is 0. The van der Waals surface area contributed by atoms with Crippen molar-refractivity contribution in [2.45, 2.75) is 6.92 Å². The highest BCUT2D eigenvalue weighted by molar-refractivity contribution is 6.25. The second-order valence-corrected chi connectivity index (χ2v) is 12.9. The molecule has 0 radical (unpaired) electrons. The van der Waals surface area contributed by atoms with Crippen LogP contribution >= 0.6 is 0 Å². The van der Waals surface area contributed by atoms with Crippen molar-refractivity contribution < 1.29 is 0 Å². The minimum Gasteiger partial charge on any atom is -0.0622 e. The highest BCUT2D eigenvalue weighted by atomic mass is 14.2. The van der Waals surface area contributed by atoms with E-state index in [2.05, 4.69) is 195 Å². The van der Waals surface area contributed by atoms with E-state index < -0.39 is 0 Å². The first-order chi connectivity index (χ1) is 24.2. The second kappa shape index (κ2) is 12.1. The topological polar surface area (TPSA) is 0 Å². The van der Waals surface area contributed by atoms with Gasteiger partial charge in [-0.1, -0.05) is 188 Å². The molecule has 0 heteroatoms. The molecule has 0 N–H and O–H groups in total. The molecule has 9 aromatic carbocycles. The average Bonchev–Trinajstić information content (AvgIpc) is 3.17. The van der Waals surface area contributed by atoms with Crippen LogP contribution in [0.15, 0.2) is 188 Å². The molecule has 49 heavy (non-hydrogen) atoms. The Hall–Kier alpha value is -6.24. The quantitative estimate of drug-likeness (QED) is 0.168. The molecule has 0 amide bonds. The molecule has 0 saturated heterocycles. The van der Waals surface area contributed by atoms with Crippen molar-refractivity contribution in [2.75, 3.05) is 0 Å². The molecule has 0 fully saturated rings. The monoisotopic (exact) mass is 622 g/mol. The number of fused-ring (bicyclic) bond motifs is 3. The Labute approximate surface area is 287 Å². The van der Waals surface area contributed by atoms with Crippen molar-refractivity contribution >= 4 is 32.3 Å². The summed E-state index contributed by atoms with van der Waals surface area (Å²) < 4.78 is 0. The minimum absolute atomic E-state index is 1.21. The average molecular weight is 623 g/mol. The first-order valence-corrected chi connectivity index (χ1v) is 17.0. The molecule has 0 bridgehead atoms. The lowest BCUT2D eigenvalue weighted by Gasteiger charge is -2.22.